The maximum atomic E-state index is 11.9. The first-order chi connectivity index (χ1) is 8.51. The number of amides is 1. The fourth-order valence-electron chi connectivity index (χ4n) is 1.63. The number of carbonyl (C=O) groups excluding carboxylic acids is 1. The Morgan fingerprint density at radius 2 is 2.00 bits per heavy atom. The van der Waals surface area contributed by atoms with Gasteiger partial charge in [-0.15, -0.1) is 0 Å². The van der Waals surface area contributed by atoms with E-state index < -0.39 is 0 Å². The summed E-state index contributed by atoms with van der Waals surface area (Å²) in [5.74, 6) is 0.0613. The van der Waals surface area contributed by atoms with Crippen molar-refractivity contribution in [3.8, 4) is 0 Å². The molecular weight excluding hydrogens is 230 g/mol. The Morgan fingerprint density at radius 3 is 2.50 bits per heavy atom. The molecule has 5 heteroatoms. The van der Waals surface area contributed by atoms with E-state index in [0.29, 0.717) is 6.54 Å². The van der Waals surface area contributed by atoms with Gasteiger partial charge in [0.1, 0.15) is 0 Å². The van der Waals surface area contributed by atoms with Crippen LogP contribution in [0.25, 0.3) is 0 Å². The molecule has 0 aromatic heterocycles. The molecule has 0 aromatic carbocycles. The van der Waals surface area contributed by atoms with Crippen LogP contribution < -0.4 is 10.6 Å². The molecule has 0 bridgehead atoms. The molecule has 1 amide bonds. The van der Waals surface area contributed by atoms with Crippen LogP contribution in [0.2, 0.25) is 0 Å². The number of nitrogens with zero attached hydrogens (tertiary/aromatic N) is 1. The third-order valence-electron chi connectivity index (χ3n) is 2.98. The fraction of sp³-hybridized carbons (Fsp3) is 0.923. The molecule has 0 radical (unpaired) electrons. The Morgan fingerprint density at radius 1 is 1.33 bits per heavy atom. The summed E-state index contributed by atoms with van der Waals surface area (Å²) in [6.07, 6.45) is 3.10. The highest BCUT2D eigenvalue weighted by Gasteiger charge is 2.16. The second kappa shape index (κ2) is 10.3. The maximum absolute atomic E-state index is 11.9. The molecule has 2 N–H and O–H groups in total. The molecule has 0 saturated heterocycles. The number of ether oxygens (including phenoxy) is 1. The Hall–Kier alpha value is -0.650. The molecule has 0 aliphatic carbocycles. The van der Waals surface area contributed by atoms with Gasteiger partial charge in [-0.05, 0) is 47.5 Å². The van der Waals surface area contributed by atoms with Gasteiger partial charge in [0, 0.05) is 13.7 Å². The van der Waals surface area contributed by atoms with Gasteiger partial charge < -0.3 is 20.3 Å². The van der Waals surface area contributed by atoms with Gasteiger partial charge in [0.25, 0.3) is 0 Å². The fourth-order valence-corrected chi connectivity index (χ4v) is 1.63. The number of hydrogen-bond acceptors (Lipinski definition) is 4. The molecule has 0 aromatic rings. The predicted octanol–water partition coefficient (Wildman–Crippen LogP) is 0.457. The highest BCUT2D eigenvalue weighted by molar-refractivity contribution is 5.81. The summed E-state index contributed by atoms with van der Waals surface area (Å²) in [7, 11) is 7.60. The molecule has 2 unspecified atom stereocenters. The van der Waals surface area contributed by atoms with Crippen molar-refractivity contribution in [1.82, 2.24) is 15.5 Å². The number of likely N-dealkylation sites (N-methyl/N-ethyl adjacent to an activating group) is 1. The van der Waals surface area contributed by atoms with E-state index >= 15 is 0 Å². The van der Waals surface area contributed by atoms with E-state index in [0.717, 1.165) is 25.8 Å². The molecule has 108 valence electrons. The molecule has 0 aliphatic rings. The van der Waals surface area contributed by atoms with Gasteiger partial charge in [-0.1, -0.05) is 6.42 Å². The Balaban J connectivity index is 3.82. The van der Waals surface area contributed by atoms with Crippen LogP contribution in [0.3, 0.4) is 0 Å². The average molecular weight is 259 g/mol. The number of carbonyl (C=O) groups is 1. The van der Waals surface area contributed by atoms with E-state index in [-0.39, 0.29) is 18.1 Å². The summed E-state index contributed by atoms with van der Waals surface area (Å²) in [6.45, 7) is 3.57. The van der Waals surface area contributed by atoms with Gasteiger partial charge in [-0.3, -0.25) is 4.79 Å². The largest absolute Gasteiger partial charge is 0.380 e. The SMILES string of the molecule is CNC(CCCCN(C)C)C(=O)NCC(C)OC. The quantitative estimate of drug-likeness (QED) is 0.560. The van der Waals surface area contributed by atoms with Crippen molar-refractivity contribution in [2.24, 2.45) is 0 Å². The van der Waals surface area contributed by atoms with Crippen molar-refractivity contribution in [1.29, 1.82) is 0 Å². The lowest BCUT2D eigenvalue weighted by molar-refractivity contribution is -0.123. The molecule has 18 heavy (non-hydrogen) atoms. The first kappa shape index (κ1) is 17.4. The minimum Gasteiger partial charge on any atom is -0.380 e. The zero-order valence-corrected chi connectivity index (χ0v) is 12.5. The van der Waals surface area contributed by atoms with Crippen molar-refractivity contribution in [3.63, 3.8) is 0 Å². The molecule has 0 aliphatic heterocycles. The van der Waals surface area contributed by atoms with Crippen LogP contribution in [-0.2, 0) is 9.53 Å². The van der Waals surface area contributed by atoms with Gasteiger partial charge in [0.15, 0.2) is 0 Å². The average Bonchev–Trinajstić information content (AvgIpc) is 2.35. The van der Waals surface area contributed by atoms with E-state index in [1.165, 1.54) is 0 Å². The first-order valence-electron chi connectivity index (χ1n) is 6.63. The van der Waals surface area contributed by atoms with Gasteiger partial charge in [0.2, 0.25) is 5.91 Å². The van der Waals surface area contributed by atoms with E-state index in [1.54, 1.807) is 7.11 Å². The lowest BCUT2D eigenvalue weighted by atomic mass is 10.1. The molecule has 0 spiro atoms. The Labute approximate surface area is 111 Å². The van der Waals surface area contributed by atoms with Crippen LogP contribution in [0.1, 0.15) is 26.2 Å². The van der Waals surface area contributed by atoms with Crippen molar-refractivity contribution in [3.05, 3.63) is 0 Å². The van der Waals surface area contributed by atoms with Gasteiger partial charge in [0.05, 0.1) is 12.1 Å². The lowest BCUT2D eigenvalue weighted by Gasteiger charge is -2.18. The van der Waals surface area contributed by atoms with Crippen molar-refractivity contribution in [2.75, 3.05) is 41.3 Å². The molecule has 0 fully saturated rings. The van der Waals surface area contributed by atoms with Crippen LogP contribution >= 0.6 is 0 Å². The first-order valence-corrected chi connectivity index (χ1v) is 6.63. The van der Waals surface area contributed by atoms with Crippen LogP contribution in [-0.4, -0.2) is 64.3 Å². The summed E-state index contributed by atoms with van der Waals surface area (Å²) in [4.78, 5) is 14.0. The van der Waals surface area contributed by atoms with Crippen molar-refractivity contribution >= 4 is 5.91 Å². The molecule has 0 saturated carbocycles. The highest BCUT2D eigenvalue weighted by atomic mass is 16.5. The van der Waals surface area contributed by atoms with Crippen LogP contribution in [0.4, 0.5) is 0 Å². The van der Waals surface area contributed by atoms with Crippen LogP contribution in [0.15, 0.2) is 0 Å². The standard InChI is InChI=1S/C13H29N3O2/c1-11(18-5)10-15-13(17)12(14-2)8-6-7-9-16(3)4/h11-12,14H,6-10H2,1-5H3,(H,15,17). The summed E-state index contributed by atoms with van der Waals surface area (Å²) in [6, 6.07) is -0.101. The monoisotopic (exact) mass is 259 g/mol. The lowest BCUT2D eigenvalue weighted by Crippen LogP contribution is -2.44. The smallest absolute Gasteiger partial charge is 0.237 e. The van der Waals surface area contributed by atoms with Gasteiger partial charge in [-0.25, -0.2) is 0 Å². The number of rotatable bonds is 10. The summed E-state index contributed by atoms with van der Waals surface area (Å²) in [5.41, 5.74) is 0. The topological polar surface area (TPSA) is 53.6 Å². The molecule has 2 atom stereocenters. The second-order valence-electron chi connectivity index (χ2n) is 4.93. The van der Waals surface area contributed by atoms with E-state index in [2.05, 4.69) is 29.6 Å². The predicted molar refractivity (Wildman–Crippen MR) is 74.7 cm³/mol. The maximum Gasteiger partial charge on any atom is 0.237 e. The molecule has 0 rings (SSSR count). The van der Waals surface area contributed by atoms with E-state index in [1.807, 2.05) is 14.0 Å². The van der Waals surface area contributed by atoms with Gasteiger partial charge >= 0.3 is 0 Å². The van der Waals surface area contributed by atoms with Crippen molar-refractivity contribution < 1.29 is 9.53 Å². The Kier molecular flexibility index (Phi) is 9.92. The zero-order chi connectivity index (χ0) is 14.0. The number of nitrogens with one attached hydrogen (secondary N) is 2. The molecular formula is C13H29N3O2. The van der Waals surface area contributed by atoms with E-state index in [4.69, 9.17) is 4.74 Å². The minimum absolute atomic E-state index is 0.0557. The third-order valence-corrected chi connectivity index (χ3v) is 2.98. The number of hydrogen-bond donors (Lipinski definition) is 2. The molecule has 0 heterocycles. The highest BCUT2D eigenvalue weighted by Crippen LogP contribution is 2.02. The van der Waals surface area contributed by atoms with Crippen LogP contribution in [0.5, 0.6) is 0 Å². The number of methoxy groups -OCH3 is 1. The Bertz CT molecular complexity index is 222. The zero-order valence-electron chi connectivity index (χ0n) is 12.5. The summed E-state index contributed by atoms with van der Waals surface area (Å²) < 4.78 is 5.10. The minimum atomic E-state index is -0.101. The van der Waals surface area contributed by atoms with E-state index in [9.17, 15) is 4.79 Å². The normalized spacial score (nSPS) is 14.6. The van der Waals surface area contributed by atoms with Crippen LogP contribution in [0, 0.1) is 0 Å². The summed E-state index contributed by atoms with van der Waals surface area (Å²) >= 11 is 0. The molecule has 5 nitrogen and oxygen atoms in total. The third kappa shape index (κ3) is 8.44. The number of unbranched alkanes of at least 4 members (excludes halogenated alkanes) is 1. The second-order valence-corrected chi connectivity index (χ2v) is 4.93. The summed E-state index contributed by atoms with van der Waals surface area (Å²) in [5, 5.41) is 5.96. The van der Waals surface area contributed by atoms with Crippen molar-refractivity contribution in [2.45, 2.75) is 38.3 Å². The van der Waals surface area contributed by atoms with Gasteiger partial charge in [-0.2, -0.15) is 0 Å².